The Hall–Kier alpha value is -0.530. The molecule has 0 bridgehead atoms. The molecule has 0 N–H and O–H groups in total. The number of esters is 1. The molecule has 0 amide bonds. The topological polar surface area (TPSA) is 26.3 Å². The highest BCUT2D eigenvalue weighted by Crippen LogP contribution is 2.20. The molecule has 0 aromatic rings. The van der Waals surface area contributed by atoms with Crippen molar-refractivity contribution in [3.8, 4) is 0 Å². The van der Waals surface area contributed by atoms with Crippen molar-refractivity contribution >= 4 is 5.97 Å². The Labute approximate surface area is 133 Å². The minimum atomic E-state index is 0.0106. The largest absolute Gasteiger partial charge is 0.469 e. The fourth-order valence-electron chi connectivity index (χ4n) is 2.89. The van der Waals surface area contributed by atoms with Crippen LogP contribution in [0, 0.1) is 5.92 Å². The Balaban J connectivity index is 3.68. The van der Waals surface area contributed by atoms with Gasteiger partial charge in [0.2, 0.25) is 0 Å². The first-order valence-electron chi connectivity index (χ1n) is 9.34. The lowest BCUT2D eigenvalue weighted by molar-refractivity contribution is -0.146. The summed E-state index contributed by atoms with van der Waals surface area (Å²) in [7, 11) is 1.52. The van der Waals surface area contributed by atoms with Crippen LogP contribution in [0.3, 0.4) is 0 Å². The third kappa shape index (κ3) is 12.9. The maximum absolute atomic E-state index is 11.8. The second-order valence-electron chi connectivity index (χ2n) is 6.33. The first-order valence-corrected chi connectivity index (χ1v) is 9.34. The SMILES string of the molecule is CCCCCCCCCC(CCCCCCC)C(=O)OC. The summed E-state index contributed by atoms with van der Waals surface area (Å²) in [4.78, 5) is 11.8. The molecule has 0 aliphatic rings. The van der Waals surface area contributed by atoms with E-state index < -0.39 is 0 Å². The minimum Gasteiger partial charge on any atom is -0.469 e. The molecule has 0 radical (unpaired) electrons. The summed E-state index contributed by atoms with van der Waals surface area (Å²) in [5.74, 6) is 0.156. The third-order valence-corrected chi connectivity index (χ3v) is 4.35. The molecule has 21 heavy (non-hydrogen) atoms. The molecule has 0 fully saturated rings. The Morgan fingerprint density at radius 3 is 1.48 bits per heavy atom. The quantitative estimate of drug-likeness (QED) is 0.263. The third-order valence-electron chi connectivity index (χ3n) is 4.35. The Bertz CT molecular complexity index is 226. The van der Waals surface area contributed by atoms with E-state index in [4.69, 9.17) is 4.74 Å². The standard InChI is InChI=1S/C19H38O2/c1-4-6-8-10-11-13-15-17-18(19(20)21-3)16-14-12-9-7-5-2/h18H,4-17H2,1-3H3. The predicted octanol–water partition coefficient (Wildman–Crippen LogP) is 6.28. The van der Waals surface area contributed by atoms with Crippen molar-refractivity contribution in [1.82, 2.24) is 0 Å². The van der Waals surface area contributed by atoms with Gasteiger partial charge >= 0.3 is 5.97 Å². The molecule has 0 heterocycles. The zero-order chi connectivity index (χ0) is 15.8. The van der Waals surface area contributed by atoms with E-state index in [1.807, 2.05) is 0 Å². The number of rotatable bonds is 15. The average molecular weight is 299 g/mol. The van der Waals surface area contributed by atoms with E-state index in [1.165, 1.54) is 84.2 Å². The highest BCUT2D eigenvalue weighted by molar-refractivity contribution is 5.72. The molecule has 0 spiro atoms. The van der Waals surface area contributed by atoms with E-state index in [2.05, 4.69) is 13.8 Å². The molecular weight excluding hydrogens is 260 g/mol. The van der Waals surface area contributed by atoms with Crippen LogP contribution in [0.25, 0.3) is 0 Å². The summed E-state index contributed by atoms with van der Waals surface area (Å²) in [5.41, 5.74) is 0. The van der Waals surface area contributed by atoms with Crippen molar-refractivity contribution in [1.29, 1.82) is 0 Å². The first-order chi connectivity index (χ1) is 10.3. The van der Waals surface area contributed by atoms with Crippen molar-refractivity contribution in [2.45, 2.75) is 104 Å². The summed E-state index contributed by atoms with van der Waals surface area (Å²) >= 11 is 0. The van der Waals surface area contributed by atoms with Crippen molar-refractivity contribution in [2.24, 2.45) is 5.92 Å². The van der Waals surface area contributed by atoms with Crippen LogP contribution in [0.15, 0.2) is 0 Å². The number of unbranched alkanes of at least 4 members (excludes halogenated alkanes) is 10. The fourth-order valence-corrected chi connectivity index (χ4v) is 2.89. The Morgan fingerprint density at radius 1 is 0.714 bits per heavy atom. The molecule has 0 aromatic carbocycles. The molecule has 0 saturated carbocycles. The second kappa shape index (κ2) is 15.9. The van der Waals surface area contributed by atoms with Crippen LogP contribution < -0.4 is 0 Å². The molecule has 0 saturated heterocycles. The predicted molar refractivity (Wildman–Crippen MR) is 91.5 cm³/mol. The Kier molecular flexibility index (Phi) is 15.5. The monoisotopic (exact) mass is 298 g/mol. The van der Waals surface area contributed by atoms with Gasteiger partial charge in [0.05, 0.1) is 13.0 Å². The van der Waals surface area contributed by atoms with Crippen LogP contribution in [0.4, 0.5) is 0 Å². The van der Waals surface area contributed by atoms with Gasteiger partial charge in [-0.1, -0.05) is 90.9 Å². The van der Waals surface area contributed by atoms with Gasteiger partial charge < -0.3 is 4.74 Å². The van der Waals surface area contributed by atoms with Crippen LogP contribution >= 0.6 is 0 Å². The summed E-state index contributed by atoms with van der Waals surface area (Å²) in [6.45, 7) is 4.49. The normalized spacial score (nSPS) is 12.3. The van der Waals surface area contributed by atoms with Gasteiger partial charge in [0.25, 0.3) is 0 Å². The van der Waals surface area contributed by atoms with E-state index in [1.54, 1.807) is 0 Å². The van der Waals surface area contributed by atoms with E-state index in [9.17, 15) is 4.79 Å². The van der Waals surface area contributed by atoms with Gasteiger partial charge in [0.15, 0.2) is 0 Å². The smallest absolute Gasteiger partial charge is 0.308 e. The molecule has 0 aliphatic carbocycles. The first kappa shape index (κ1) is 20.5. The van der Waals surface area contributed by atoms with Gasteiger partial charge in [-0.15, -0.1) is 0 Å². The summed E-state index contributed by atoms with van der Waals surface area (Å²) < 4.78 is 4.96. The molecule has 1 atom stereocenters. The maximum Gasteiger partial charge on any atom is 0.308 e. The lowest BCUT2D eigenvalue weighted by Crippen LogP contribution is -2.16. The number of ether oxygens (including phenoxy) is 1. The van der Waals surface area contributed by atoms with Gasteiger partial charge in [-0.25, -0.2) is 0 Å². The lowest BCUT2D eigenvalue weighted by atomic mass is 9.94. The van der Waals surface area contributed by atoms with Crippen molar-refractivity contribution in [3.63, 3.8) is 0 Å². The maximum atomic E-state index is 11.8. The van der Waals surface area contributed by atoms with Gasteiger partial charge in [-0.2, -0.15) is 0 Å². The van der Waals surface area contributed by atoms with Crippen LogP contribution in [0.1, 0.15) is 104 Å². The number of carbonyl (C=O) groups excluding carboxylic acids is 1. The summed E-state index contributed by atoms with van der Waals surface area (Å²) in [6.07, 6.45) is 17.6. The lowest BCUT2D eigenvalue weighted by Gasteiger charge is -2.14. The molecule has 0 rings (SSSR count). The molecule has 0 aliphatic heterocycles. The van der Waals surface area contributed by atoms with Gasteiger partial charge in [-0.3, -0.25) is 4.79 Å². The van der Waals surface area contributed by atoms with E-state index in [0.717, 1.165) is 12.8 Å². The van der Waals surface area contributed by atoms with Crippen molar-refractivity contribution < 1.29 is 9.53 Å². The summed E-state index contributed by atoms with van der Waals surface area (Å²) in [6, 6.07) is 0. The van der Waals surface area contributed by atoms with Crippen LogP contribution in [0.2, 0.25) is 0 Å². The van der Waals surface area contributed by atoms with Crippen LogP contribution in [-0.4, -0.2) is 13.1 Å². The molecule has 0 aromatic heterocycles. The van der Waals surface area contributed by atoms with Crippen LogP contribution in [-0.2, 0) is 9.53 Å². The highest BCUT2D eigenvalue weighted by Gasteiger charge is 2.17. The zero-order valence-electron chi connectivity index (χ0n) is 14.8. The van der Waals surface area contributed by atoms with Crippen molar-refractivity contribution in [3.05, 3.63) is 0 Å². The molecule has 126 valence electrons. The minimum absolute atomic E-state index is 0.0106. The van der Waals surface area contributed by atoms with Gasteiger partial charge in [0, 0.05) is 0 Å². The van der Waals surface area contributed by atoms with E-state index in [-0.39, 0.29) is 11.9 Å². The zero-order valence-corrected chi connectivity index (χ0v) is 14.8. The highest BCUT2D eigenvalue weighted by atomic mass is 16.5. The average Bonchev–Trinajstić information content (AvgIpc) is 2.51. The molecule has 1 unspecified atom stereocenters. The second-order valence-corrected chi connectivity index (χ2v) is 6.33. The van der Waals surface area contributed by atoms with Gasteiger partial charge in [-0.05, 0) is 12.8 Å². The van der Waals surface area contributed by atoms with E-state index in [0.29, 0.717) is 0 Å². The molecule has 2 heteroatoms. The van der Waals surface area contributed by atoms with E-state index >= 15 is 0 Å². The summed E-state index contributed by atoms with van der Waals surface area (Å²) in [5, 5.41) is 0. The van der Waals surface area contributed by atoms with Crippen molar-refractivity contribution in [2.75, 3.05) is 7.11 Å². The number of carbonyl (C=O) groups is 1. The number of hydrogen-bond donors (Lipinski definition) is 0. The van der Waals surface area contributed by atoms with Crippen LogP contribution in [0.5, 0.6) is 0 Å². The number of hydrogen-bond acceptors (Lipinski definition) is 2. The molecule has 2 nitrogen and oxygen atoms in total. The van der Waals surface area contributed by atoms with Gasteiger partial charge in [0.1, 0.15) is 0 Å². The fraction of sp³-hybridized carbons (Fsp3) is 0.947. The number of methoxy groups -OCH3 is 1. The molecular formula is C19H38O2. The Morgan fingerprint density at radius 2 is 1.10 bits per heavy atom.